The lowest BCUT2D eigenvalue weighted by molar-refractivity contribution is 0.102. The minimum atomic E-state index is -0.774. The molecule has 0 aliphatic rings. The molecule has 0 saturated carbocycles. The number of carbonyl (C=O) groups is 1. The van der Waals surface area contributed by atoms with E-state index in [1.807, 2.05) is 0 Å². The number of aromatic nitrogens is 4. The van der Waals surface area contributed by atoms with Crippen molar-refractivity contribution >= 4 is 11.7 Å². The molecule has 0 unspecified atom stereocenters. The Bertz CT molecular complexity index is 799. The number of anilines is 1. The van der Waals surface area contributed by atoms with Crippen LogP contribution in [0.1, 0.15) is 10.5 Å². The predicted octanol–water partition coefficient (Wildman–Crippen LogP) is 2.19. The molecule has 0 atom stereocenters. The summed E-state index contributed by atoms with van der Waals surface area (Å²) in [5.41, 5.74) is -0.352. The predicted molar refractivity (Wildman–Crippen MR) is 73.5 cm³/mol. The van der Waals surface area contributed by atoms with E-state index in [0.29, 0.717) is 0 Å². The fourth-order valence-corrected chi connectivity index (χ4v) is 1.82. The lowest BCUT2D eigenvalue weighted by atomic mass is 10.3. The topological polar surface area (TPSA) is 72.7 Å². The van der Waals surface area contributed by atoms with Crippen molar-refractivity contribution in [1.29, 1.82) is 0 Å². The van der Waals surface area contributed by atoms with Crippen molar-refractivity contribution in [3.63, 3.8) is 0 Å². The van der Waals surface area contributed by atoms with E-state index in [4.69, 9.17) is 0 Å². The van der Waals surface area contributed by atoms with Gasteiger partial charge in [0, 0.05) is 18.6 Å². The molecule has 0 saturated heterocycles. The van der Waals surface area contributed by atoms with Gasteiger partial charge in [0.2, 0.25) is 0 Å². The molecule has 0 aliphatic heterocycles. The Labute approximate surface area is 123 Å². The van der Waals surface area contributed by atoms with Crippen LogP contribution in [0, 0.1) is 11.6 Å². The Kier molecular flexibility index (Phi) is 3.57. The molecule has 6 nitrogen and oxygen atoms in total. The van der Waals surface area contributed by atoms with E-state index in [1.54, 1.807) is 0 Å². The third-order valence-electron chi connectivity index (χ3n) is 2.79. The van der Waals surface area contributed by atoms with Crippen LogP contribution in [0.25, 0.3) is 5.69 Å². The zero-order valence-corrected chi connectivity index (χ0v) is 11.1. The van der Waals surface area contributed by atoms with Crippen molar-refractivity contribution in [2.45, 2.75) is 0 Å². The Hall–Kier alpha value is -3.16. The molecular formula is C14H9F2N5O. The summed E-state index contributed by atoms with van der Waals surface area (Å²) >= 11 is 0. The summed E-state index contributed by atoms with van der Waals surface area (Å²) in [6, 6.07) is 4.82. The van der Waals surface area contributed by atoms with Gasteiger partial charge in [0.25, 0.3) is 5.91 Å². The molecule has 0 spiro atoms. The molecule has 3 rings (SSSR count). The summed E-state index contributed by atoms with van der Waals surface area (Å²) in [5, 5.41) is 6.35. The number of nitrogens with zero attached hydrogens (tertiary/aromatic N) is 4. The second-order valence-corrected chi connectivity index (χ2v) is 4.26. The van der Waals surface area contributed by atoms with Gasteiger partial charge in [0.05, 0.1) is 6.20 Å². The van der Waals surface area contributed by atoms with Gasteiger partial charge in [-0.15, -0.1) is 0 Å². The van der Waals surface area contributed by atoms with E-state index in [0.717, 1.165) is 16.8 Å². The zero-order valence-electron chi connectivity index (χ0n) is 11.1. The molecule has 1 amide bonds. The van der Waals surface area contributed by atoms with Gasteiger partial charge in [-0.1, -0.05) is 6.07 Å². The van der Waals surface area contributed by atoms with Gasteiger partial charge in [-0.25, -0.2) is 18.4 Å². The quantitative estimate of drug-likeness (QED) is 0.805. The first-order valence-corrected chi connectivity index (χ1v) is 6.22. The molecule has 2 aromatic heterocycles. The molecule has 3 aromatic rings. The standard InChI is InChI=1S/C14H9F2N5O/c15-9-2-1-3-10(16)13(9)21-7-4-11(20-21)14(22)19-12-8-17-5-6-18-12/h1-8H,(H,18,19,22). The normalized spacial score (nSPS) is 10.5. The van der Waals surface area contributed by atoms with Crippen LogP contribution in [0.15, 0.2) is 49.1 Å². The highest BCUT2D eigenvalue weighted by Crippen LogP contribution is 2.17. The number of amides is 1. The maximum absolute atomic E-state index is 13.7. The third-order valence-corrected chi connectivity index (χ3v) is 2.79. The van der Waals surface area contributed by atoms with Crippen molar-refractivity contribution in [2.75, 3.05) is 5.32 Å². The van der Waals surface area contributed by atoms with Gasteiger partial charge in [0.15, 0.2) is 23.1 Å². The zero-order chi connectivity index (χ0) is 15.5. The average molecular weight is 301 g/mol. The molecule has 110 valence electrons. The van der Waals surface area contributed by atoms with Crippen LogP contribution in [0.4, 0.5) is 14.6 Å². The second-order valence-electron chi connectivity index (χ2n) is 4.26. The first-order valence-electron chi connectivity index (χ1n) is 6.22. The minimum Gasteiger partial charge on any atom is -0.304 e. The van der Waals surface area contributed by atoms with Gasteiger partial charge in [0.1, 0.15) is 5.69 Å². The van der Waals surface area contributed by atoms with Gasteiger partial charge in [-0.3, -0.25) is 9.78 Å². The van der Waals surface area contributed by atoms with E-state index in [2.05, 4.69) is 20.4 Å². The van der Waals surface area contributed by atoms with Crippen LogP contribution in [-0.2, 0) is 0 Å². The maximum atomic E-state index is 13.7. The maximum Gasteiger partial charge on any atom is 0.277 e. The third kappa shape index (κ3) is 2.66. The van der Waals surface area contributed by atoms with E-state index in [-0.39, 0.29) is 17.2 Å². The number of para-hydroxylation sites is 1. The van der Waals surface area contributed by atoms with Crippen molar-refractivity contribution < 1.29 is 13.6 Å². The van der Waals surface area contributed by atoms with Gasteiger partial charge >= 0.3 is 0 Å². The summed E-state index contributed by atoms with van der Waals surface area (Å²) in [6.07, 6.45) is 5.55. The molecular weight excluding hydrogens is 292 g/mol. The Balaban J connectivity index is 1.86. The smallest absolute Gasteiger partial charge is 0.277 e. The minimum absolute atomic E-state index is 0.00620. The Morgan fingerprint density at radius 2 is 1.91 bits per heavy atom. The highest BCUT2D eigenvalue weighted by molar-refractivity contribution is 6.02. The van der Waals surface area contributed by atoms with E-state index in [9.17, 15) is 13.6 Å². The molecule has 1 aromatic carbocycles. The monoisotopic (exact) mass is 301 g/mol. The van der Waals surface area contributed by atoms with Crippen LogP contribution in [0.3, 0.4) is 0 Å². The number of carbonyl (C=O) groups excluding carboxylic acids is 1. The Morgan fingerprint density at radius 3 is 2.59 bits per heavy atom. The molecule has 0 fully saturated rings. The highest BCUT2D eigenvalue weighted by atomic mass is 19.1. The van der Waals surface area contributed by atoms with E-state index < -0.39 is 17.5 Å². The lowest BCUT2D eigenvalue weighted by Gasteiger charge is -2.04. The summed E-state index contributed by atoms with van der Waals surface area (Å²) in [7, 11) is 0. The van der Waals surface area contributed by atoms with Crippen LogP contribution < -0.4 is 5.32 Å². The van der Waals surface area contributed by atoms with Gasteiger partial charge in [-0.2, -0.15) is 5.10 Å². The summed E-state index contributed by atoms with van der Waals surface area (Å²) < 4.78 is 28.3. The van der Waals surface area contributed by atoms with Crippen molar-refractivity contribution in [1.82, 2.24) is 19.7 Å². The number of halogens is 2. The fraction of sp³-hybridized carbons (Fsp3) is 0. The van der Waals surface area contributed by atoms with Crippen molar-refractivity contribution in [3.05, 3.63) is 66.4 Å². The largest absolute Gasteiger partial charge is 0.304 e. The fourth-order valence-electron chi connectivity index (χ4n) is 1.82. The molecule has 0 bridgehead atoms. The average Bonchev–Trinajstić information content (AvgIpc) is 2.98. The molecule has 2 heterocycles. The number of hydrogen-bond acceptors (Lipinski definition) is 4. The molecule has 22 heavy (non-hydrogen) atoms. The van der Waals surface area contributed by atoms with Crippen molar-refractivity contribution in [2.24, 2.45) is 0 Å². The van der Waals surface area contributed by atoms with E-state index in [1.165, 1.54) is 36.9 Å². The summed E-state index contributed by atoms with van der Waals surface area (Å²) in [6.45, 7) is 0. The second kappa shape index (κ2) is 5.68. The SMILES string of the molecule is O=C(Nc1cnccn1)c1ccn(-c2c(F)cccc2F)n1. The van der Waals surface area contributed by atoms with Crippen LogP contribution in [0.5, 0.6) is 0 Å². The number of hydrogen-bond donors (Lipinski definition) is 1. The molecule has 0 radical (unpaired) electrons. The molecule has 1 N–H and O–H groups in total. The van der Waals surface area contributed by atoms with Gasteiger partial charge in [-0.05, 0) is 18.2 Å². The van der Waals surface area contributed by atoms with Gasteiger partial charge < -0.3 is 5.32 Å². The van der Waals surface area contributed by atoms with Crippen LogP contribution in [0.2, 0.25) is 0 Å². The number of rotatable bonds is 3. The molecule has 0 aliphatic carbocycles. The first kappa shape index (κ1) is 13.8. The van der Waals surface area contributed by atoms with E-state index >= 15 is 0 Å². The van der Waals surface area contributed by atoms with Crippen LogP contribution in [-0.4, -0.2) is 25.7 Å². The summed E-state index contributed by atoms with van der Waals surface area (Å²) in [4.78, 5) is 19.7. The van der Waals surface area contributed by atoms with Crippen LogP contribution >= 0.6 is 0 Å². The number of benzene rings is 1. The molecule has 8 heteroatoms. The Morgan fingerprint density at radius 1 is 1.14 bits per heavy atom. The first-order chi connectivity index (χ1) is 10.6. The lowest BCUT2D eigenvalue weighted by Crippen LogP contribution is -2.14. The highest BCUT2D eigenvalue weighted by Gasteiger charge is 2.15. The van der Waals surface area contributed by atoms with Crippen molar-refractivity contribution in [3.8, 4) is 5.69 Å². The number of nitrogens with one attached hydrogen (secondary N) is 1. The summed E-state index contributed by atoms with van der Waals surface area (Å²) in [5.74, 6) is -1.86.